The van der Waals surface area contributed by atoms with Gasteiger partial charge in [-0.05, 0) is 56.0 Å². The van der Waals surface area contributed by atoms with Crippen molar-refractivity contribution in [3.8, 4) is 11.5 Å². The van der Waals surface area contributed by atoms with Crippen LogP contribution in [0.3, 0.4) is 0 Å². The third-order valence-corrected chi connectivity index (χ3v) is 5.08. The van der Waals surface area contributed by atoms with Crippen LogP contribution < -0.4 is 14.8 Å². The minimum atomic E-state index is -0.204. The quantitative estimate of drug-likeness (QED) is 0.737. The number of furan rings is 1. The van der Waals surface area contributed by atoms with Crippen LogP contribution in [0.2, 0.25) is 0 Å². The summed E-state index contributed by atoms with van der Waals surface area (Å²) in [6.45, 7) is 3.80. The van der Waals surface area contributed by atoms with Crippen molar-refractivity contribution >= 4 is 11.8 Å². The Morgan fingerprint density at radius 2 is 2.00 bits per heavy atom. The molecule has 0 bridgehead atoms. The summed E-state index contributed by atoms with van der Waals surface area (Å²) in [5.41, 5.74) is 1.04. The van der Waals surface area contributed by atoms with Crippen molar-refractivity contribution in [1.29, 1.82) is 0 Å². The number of benzene rings is 1. The first-order chi connectivity index (χ1) is 14.1. The number of likely N-dealkylation sites (tertiary alicyclic amines) is 1. The molecule has 1 aliphatic heterocycles. The number of methoxy groups -OCH3 is 1. The molecule has 1 saturated heterocycles. The molecule has 0 spiro atoms. The lowest BCUT2D eigenvalue weighted by molar-refractivity contribution is -0.132. The molecule has 7 heteroatoms. The molecule has 2 heterocycles. The first-order valence-corrected chi connectivity index (χ1v) is 10.0. The van der Waals surface area contributed by atoms with Crippen molar-refractivity contribution in [2.75, 3.05) is 26.8 Å². The van der Waals surface area contributed by atoms with Gasteiger partial charge in [-0.2, -0.15) is 0 Å². The molecule has 1 aliphatic rings. The Morgan fingerprint density at radius 1 is 1.21 bits per heavy atom. The van der Waals surface area contributed by atoms with Crippen LogP contribution in [0, 0.1) is 0 Å². The molecular formula is C22H28N2O5. The Hall–Kier alpha value is -2.96. The van der Waals surface area contributed by atoms with Crippen molar-refractivity contribution < 1.29 is 23.5 Å². The van der Waals surface area contributed by atoms with E-state index in [9.17, 15) is 9.59 Å². The molecular weight excluding hydrogens is 372 g/mol. The van der Waals surface area contributed by atoms with Gasteiger partial charge >= 0.3 is 0 Å². The second-order valence-electron chi connectivity index (χ2n) is 7.02. The largest absolute Gasteiger partial charge is 0.493 e. The number of piperidine rings is 1. The fraction of sp³-hybridized carbons (Fsp3) is 0.455. The van der Waals surface area contributed by atoms with Gasteiger partial charge in [0.1, 0.15) is 0 Å². The molecule has 3 rings (SSSR count). The van der Waals surface area contributed by atoms with Gasteiger partial charge in [-0.3, -0.25) is 9.59 Å². The molecule has 7 nitrogen and oxygen atoms in total. The van der Waals surface area contributed by atoms with Crippen molar-refractivity contribution in [2.24, 2.45) is 0 Å². The normalized spacial score (nSPS) is 14.5. The Labute approximate surface area is 171 Å². The van der Waals surface area contributed by atoms with E-state index in [1.807, 2.05) is 30.0 Å². The standard InChI is InChI=1S/C22H28N2O5/c1-3-28-18-8-6-16(15-20(18)27-2)7-9-21(25)24-12-10-17(11-13-24)23-22(26)19-5-4-14-29-19/h4-6,8,14-15,17H,3,7,9-13H2,1-2H3,(H,23,26). The van der Waals surface area contributed by atoms with Gasteiger partial charge in [0, 0.05) is 25.6 Å². The fourth-order valence-corrected chi connectivity index (χ4v) is 3.49. The summed E-state index contributed by atoms with van der Waals surface area (Å²) in [6.07, 6.45) is 4.07. The maximum absolute atomic E-state index is 12.6. The van der Waals surface area contributed by atoms with Crippen molar-refractivity contribution in [3.05, 3.63) is 47.9 Å². The lowest BCUT2D eigenvalue weighted by atomic mass is 10.0. The van der Waals surface area contributed by atoms with Gasteiger partial charge in [-0.1, -0.05) is 6.07 Å². The van der Waals surface area contributed by atoms with Gasteiger partial charge < -0.3 is 24.1 Å². The van der Waals surface area contributed by atoms with E-state index in [0.717, 1.165) is 18.4 Å². The first kappa shape index (κ1) is 20.8. The highest BCUT2D eigenvalue weighted by Crippen LogP contribution is 2.28. The summed E-state index contributed by atoms with van der Waals surface area (Å²) in [7, 11) is 1.61. The molecule has 29 heavy (non-hydrogen) atoms. The number of rotatable bonds is 8. The Morgan fingerprint density at radius 3 is 2.66 bits per heavy atom. The van der Waals surface area contributed by atoms with Crippen LogP contribution in [0.5, 0.6) is 11.5 Å². The van der Waals surface area contributed by atoms with E-state index >= 15 is 0 Å². The van der Waals surface area contributed by atoms with Crippen LogP contribution >= 0.6 is 0 Å². The van der Waals surface area contributed by atoms with E-state index in [1.165, 1.54) is 6.26 Å². The Bertz CT molecular complexity index is 811. The molecule has 1 fully saturated rings. The van der Waals surface area contributed by atoms with Gasteiger partial charge in [-0.25, -0.2) is 0 Å². The van der Waals surface area contributed by atoms with Gasteiger partial charge in [0.2, 0.25) is 5.91 Å². The highest BCUT2D eigenvalue weighted by molar-refractivity contribution is 5.91. The number of nitrogens with zero attached hydrogens (tertiary/aromatic N) is 1. The predicted molar refractivity (Wildman–Crippen MR) is 108 cm³/mol. The number of ether oxygens (including phenoxy) is 2. The molecule has 0 atom stereocenters. The van der Waals surface area contributed by atoms with Crippen molar-refractivity contribution in [3.63, 3.8) is 0 Å². The van der Waals surface area contributed by atoms with Crippen LogP contribution in [0.15, 0.2) is 41.0 Å². The van der Waals surface area contributed by atoms with E-state index < -0.39 is 0 Å². The SMILES string of the molecule is CCOc1ccc(CCC(=O)N2CCC(NC(=O)c3ccco3)CC2)cc1OC. The molecule has 1 N–H and O–H groups in total. The number of amides is 2. The molecule has 1 aromatic carbocycles. The summed E-state index contributed by atoms with van der Waals surface area (Å²) < 4.78 is 16.0. The van der Waals surface area contributed by atoms with E-state index in [0.29, 0.717) is 49.8 Å². The highest BCUT2D eigenvalue weighted by Gasteiger charge is 2.24. The fourth-order valence-electron chi connectivity index (χ4n) is 3.49. The van der Waals surface area contributed by atoms with E-state index in [2.05, 4.69) is 5.32 Å². The van der Waals surface area contributed by atoms with Gasteiger partial charge in [-0.15, -0.1) is 0 Å². The van der Waals surface area contributed by atoms with Gasteiger partial charge in [0.05, 0.1) is 20.0 Å². The molecule has 2 amide bonds. The molecule has 156 valence electrons. The summed E-state index contributed by atoms with van der Waals surface area (Å²) in [4.78, 5) is 26.5. The second-order valence-corrected chi connectivity index (χ2v) is 7.02. The average Bonchev–Trinajstić information content (AvgIpc) is 3.28. The Kier molecular flexibility index (Phi) is 7.16. The number of hydrogen-bond acceptors (Lipinski definition) is 5. The molecule has 0 unspecified atom stereocenters. The van der Waals surface area contributed by atoms with Gasteiger partial charge in [0.15, 0.2) is 17.3 Å². The smallest absolute Gasteiger partial charge is 0.287 e. The van der Waals surface area contributed by atoms with E-state index in [1.54, 1.807) is 19.2 Å². The number of aryl methyl sites for hydroxylation is 1. The third-order valence-electron chi connectivity index (χ3n) is 5.08. The number of carbonyl (C=O) groups excluding carboxylic acids is 2. The zero-order valence-electron chi connectivity index (χ0n) is 17.0. The molecule has 2 aromatic rings. The second kappa shape index (κ2) is 10.0. The minimum Gasteiger partial charge on any atom is -0.493 e. The predicted octanol–water partition coefficient (Wildman–Crippen LogP) is 3.04. The average molecular weight is 400 g/mol. The number of nitrogens with one attached hydrogen (secondary N) is 1. The van der Waals surface area contributed by atoms with Crippen LogP contribution in [0.4, 0.5) is 0 Å². The maximum atomic E-state index is 12.6. The zero-order chi connectivity index (χ0) is 20.6. The topological polar surface area (TPSA) is 81.0 Å². The summed E-state index contributed by atoms with van der Waals surface area (Å²) in [5.74, 6) is 1.64. The summed E-state index contributed by atoms with van der Waals surface area (Å²) in [6, 6.07) is 9.17. The van der Waals surface area contributed by atoms with Crippen molar-refractivity contribution in [1.82, 2.24) is 10.2 Å². The van der Waals surface area contributed by atoms with E-state index in [4.69, 9.17) is 13.9 Å². The lowest BCUT2D eigenvalue weighted by Gasteiger charge is -2.32. The van der Waals surface area contributed by atoms with Crippen molar-refractivity contribution in [2.45, 2.75) is 38.6 Å². The van der Waals surface area contributed by atoms with Crippen LogP contribution in [0.25, 0.3) is 0 Å². The highest BCUT2D eigenvalue weighted by atomic mass is 16.5. The first-order valence-electron chi connectivity index (χ1n) is 10.0. The van der Waals surface area contributed by atoms with Gasteiger partial charge in [0.25, 0.3) is 5.91 Å². The van der Waals surface area contributed by atoms with Crippen LogP contribution in [-0.2, 0) is 11.2 Å². The third kappa shape index (κ3) is 5.53. The molecule has 0 saturated carbocycles. The lowest BCUT2D eigenvalue weighted by Crippen LogP contribution is -2.46. The van der Waals surface area contributed by atoms with E-state index in [-0.39, 0.29) is 17.9 Å². The van der Waals surface area contributed by atoms with Crippen LogP contribution in [0.1, 0.15) is 42.3 Å². The zero-order valence-corrected chi connectivity index (χ0v) is 17.0. The molecule has 1 aromatic heterocycles. The summed E-state index contributed by atoms with van der Waals surface area (Å²) in [5, 5.41) is 2.97. The minimum absolute atomic E-state index is 0.0621. The monoisotopic (exact) mass is 400 g/mol. The maximum Gasteiger partial charge on any atom is 0.287 e. The molecule has 0 aliphatic carbocycles. The summed E-state index contributed by atoms with van der Waals surface area (Å²) >= 11 is 0. The number of hydrogen-bond donors (Lipinski definition) is 1. The Balaban J connectivity index is 1.44. The van der Waals surface area contributed by atoms with Crippen LogP contribution in [-0.4, -0.2) is 49.6 Å². The number of carbonyl (C=O) groups is 2. The molecule has 0 radical (unpaired) electrons.